The first-order chi connectivity index (χ1) is 13.5. The van der Waals surface area contributed by atoms with Crippen LogP contribution in [0.2, 0.25) is 0 Å². The molecule has 0 aliphatic rings. The molecule has 28 heavy (non-hydrogen) atoms. The van der Waals surface area contributed by atoms with Crippen molar-refractivity contribution in [3.63, 3.8) is 0 Å². The van der Waals surface area contributed by atoms with E-state index >= 15 is 0 Å². The fraction of sp³-hybridized carbons (Fsp3) is 0.211. The van der Waals surface area contributed by atoms with Crippen molar-refractivity contribution in [2.75, 3.05) is 26.6 Å². The Morgan fingerprint density at radius 3 is 2.43 bits per heavy atom. The molecule has 0 fully saturated rings. The summed E-state index contributed by atoms with van der Waals surface area (Å²) >= 11 is 0. The third-order valence-corrected chi connectivity index (χ3v) is 4.08. The van der Waals surface area contributed by atoms with Gasteiger partial charge in [-0.05, 0) is 12.1 Å². The zero-order valence-corrected chi connectivity index (χ0v) is 15.5. The van der Waals surface area contributed by atoms with Crippen LogP contribution in [0.4, 0.5) is 5.69 Å². The minimum atomic E-state index is -0.665. The fourth-order valence-corrected chi connectivity index (χ4v) is 2.76. The Bertz CT molecular complexity index is 1100. The summed E-state index contributed by atoms with van der Waals surface area (Å²) in [6.45, 7) is -0.301. The highest BCUT2D eigenvalue weighted by Gasteiger charge is 2.20. The predicted octanol–water partition coefficient (Wildman–Crippen LogP) is 2.04. The number of carbonyl (C=O) groups excluding carboxylic acids is 2. The van der Waals surface area contributed by atoms with Crippen molar-refractivity contribution < 1.29 is 28.2 Å². The maximum absolute atomic E-state index is 12.6. The number of methoxy groups -OCH3 is 3. The van der Waals surface area contributed by atoms with E-state index in [9.17, 15) is 14.4 Å². The quantitative estimate of drug-likeness (QED) is 0.646. The SMILES string of the molecule is COC(=O)c1cc(OC)c(OC)cc1NC(=O)Cn1c(=O)oc2ccccc21. The zero-order chi connectivity index (χ0) is 20.3. The van der Waals surface area contributed by atoms with Gasteiger partial charge in [0.2, 0.25) is 5.91 Å². The van der Waals surface area contributed by atoms with Gasteiger partial charge in [0.25, 0.3) is 0 Å². The highest BCUT2D eigenvalue weighted by molar-refractivity contribution is 6.02. The molecule has 0 radical (unpaired) electrons. The van der Waals surface area contributed by atoms with Gasteiger partial charge in [0.05, 0.1) is 38.1 Å². The number of fused-ring (bicyclic) bond motifs is 1. The molecule has 9 nitrogen and oxygen atoms in total. The average molecular weight is 386 g/mol. The molecule has 0 aliphatic heterocycles. The first-order valence-electron chi connectivity index (χ1n) is 8.21. The molecule has 0 atom stereocenters. The molecule has 1 heterocycles. The van der Waals surface area contributed by atoms with Crippen molar-refractivity contribution in [2.24, 2.45) is 0 Å². The molecule has 1 aromatic heterocycles. The Morgan fingerprint density at radius 1 is 1.07 bits per heavy atom. The van der Waals surface area contributed by atoms with Gasteiger partial charge in [-0.1, -0.05) is 12.1 Å². The molecule has 2 aromatic carbocycles. The van der Waals surface area contributed by atoms with Crippen molar-refractivity contribution in [2.45, 2.75) is 6.54 Å². The van der Waals surface area contributed by atoms with E-state index in [0.29, 0.717) is 22.6 Å². The van der Waals surface area contributed by atoms with Gasteiger partial charge in [0.1, 0.15) is 6.54 Å². The van der Waals surface area contributed by atoms with E-state index < -0.39 is 17.6 Å². The Balaban J connectivity index is 1.93. The molecule has 0 bridgehead atoms. The highest BCUT2D eigenvalue weighted by Crippen LogP contribution is 2.33. The number of hydrogen-bond donors (Lipinski definition) is 1. The van der Waals surface area contributed by atoms with Crippen molar-refractivity contribution in [1.29, 1.82) is 0 Å². The summed E-state index contributed by atoms with van der Waals surface area (Å²) in [6.07, 6.45) is 0. The lowest BCUT2D eigenvalue weighted by molar-refractivity contribution is -0.116. The van der Waals surface area contributed by atoms with Crippen molar-refractivity contribution in [1.82, 2.24) is 4.57 Å². The largest absolute Gasteiger partial charge is 0.493 e. The van der Waals surface area contributed by atoms with Crippen molar-refractivity contribution in [3.8, 4) is 11.5 Å². The second-order valence-electron chi connectivity index (χ2n) is 5.71. The number of amides is 1. The van der Waals surface area contributed by atoms with Gasteiger partial charge in [-0.2, -0.15) is 0 Å². The minimum absolute atomic E-state index is 0.0814. The van der Waals surface area contributed by atoms with E-state index in [1.165, 1.54) is 38.0 Å². The van der Waals surface area contributed by atoms with E-state index in [1.807, 2.05) is 0 Å². The van der Waals surface area contributed by atoms with Crippen LogP contribution in [0.25, 0.3) is 11.1 Å². The highest BCUT2D eigenvalue weighted by atomic mass is 16.5. The molecule has 146 valence electrons. The summed E-state index contributed by atoms with van der Waals surface area (Å²) in [7, 11) is 4.08. The summed E-state index contributed by atoms with van der Waals surface area (Å²) in [5.41, 5.74) is 1.11. The van der Waals surface area contributed by atoms with Crippen LogP contribution in [0, 0.1) is 0 Å². The maximum atomic E-state index is 12.6. The topological polar surface area (TPSA) is 109 Å². The summed E-state index contributed by atoms with van der Waals surface area (Å²) in [5.74, 6) is -1.24. The molecule has 1 N–H and O–H groups in total. The van der Waals surface area contributed by atoms with Gasteiger partial charge in [-0.3, -0.25) is 9.36 Å². The Morgan fingerprint density at radius 2 is 1.75 bits per heavy atom. The monoisotopic (exact) mass is 386 g/mol. The number of benzene rings is 2. The number of anilines is 1. The predicted molar refractivity (Wildman–Crippen MR) is 100.0 cm³/mol. The molecule has 0 saturated carbocycles. The smallest absolute Gasteiger partial charge is 0.420 e. The van der Waals surface area contributed by atoms with Gasteiger partial charge in [-0.15, -0.1) is 0 Å². The van der Waals surface area contributed by atoms with E-state index in [-0.39, 0.29) is 17.8 Å². The fourth-order valence-electron chi connectivity index (χ4n) is 2.76. The summed E-state index contributed by atoms with van der Waals surface area (Å²) in [6, 6.07) is 9.61. The Labute approximate surface area is 159 Å². The standard InChI is InChI=1S/C19H18N2O7/c1-25-15-8-11(18(23)27-3)12(9-16(15)26-2)20-17(22)10-21-13-6-4-5-7-14(13)28-19(21)24/h4-9H,10H2,1-3H3,(H,20,22). The number of rotatable bonds is 6. The summed E-state index contributed by atoms with van der Waals surface area (Å²) in [4.78, 5) is 36.7. The van der Waals surface area contributed by atoms with E-state index in [2.05, 4.69) is 5.32 Å². The molecule has 9 heteroatoms. The normalized spacial score (nSPS) is 10.5. The number of hydrogen-bond acceptors (Lipinski definition) is 7. The average Bonchev–Trinajstić information content (AvgIpc) is 3.02. The molecule has 0 unspecified atom stereocenters. The van der Waals surface area contributed by atoms with Gasteiger partial charge >= 0.3 is 11.7 Å². The van der Waals surface area contributed by atoms with Crippen molar-refractivity contribution >= 4 is 28.7 Å². The van der Waals surface area contributed by atoms with Crippen LogP contribution in [0.5, 0.6) is 11.5 Å². The molecule has 3 aromatic rings. The third-order valence-electron chi connectivity index (χ3n) is 4.08. The van der Waals surface area contributed by atoms with Crippen LogP contribution in [-0.2, 0) is 16.1 Å². The molecule has 1 amide bonds. The van der Waals surface area contributed by atoms with E-state index in [4.69, 9.17) is 18.6 Å². The number of nitrogens with zero attached hydrogens (tertiary/aromatic N) is 1. The maximum Gasteiger partial charge on any atom is 0.420 e. The van der Waals surface area contributed by atoms with Crippen molar-refractivity contribution in [3.05, 3.63) is 52.5 Å². The van der Waals surface area contributed by atoms with Crippen LogP contribution in [0.3, 0.4) is 0 Å². The number of oxazole rings is 1. The van der Waals surface area contributed by atoms with E-state index in [1.54, 1.807) is 24.3 Å². The van der Waals surface area contributed by atoms with Gasteiger partial charge < -0.3 is 23.9 Å². The second-order valence-corrected chi connectivity index (χ2v) is 5.71. The molecule has 0 saturated heterocycles. The molecule has 0 aliphatic carbocycles. The summed E-state index contributed by atoms with van der Waals surface area (Å²) in [5, 5.41) is 2.61. The molecular formula is C19H18N2O7. The van der Waals surface area contributed by atoms with Crippen LogP contribution >= 0.6 is 0 Å². The number of carbonyl (C=O) groups is 2. The minimum Gasteiger partial charge on any atom is -0.493 e. The number of ether oxygens (including phenoxy) is 3. The number of para-hydroxylation sites is 2. The molecular weight excluding hydrogens is 368 g/mol. The number of nitrogens with one attached hydrogen (secondary N) is 1. The lowest BCUT2D eigenvalue weighted by atomic mass is 10.1. The lowest BCUT2D eigenvalue weighted by Crippen LogP contribution is -2.25. The third kappa shape index (κ3) is 3.54. The summed E-state index contributed by atoms with van der Waals surface area (Å²) < 4.78 is 21.5. The first kappa shape index (κ1) is 19.0. The molecule has 3 rings (SSSR count). The zero-order valence-electron chi connectivity index (χ0n) is 15.5. The lowest BCUT2D eigenvalue weighted by Gasteiger charge is -2.14. The van der Waals surface area contributed by atoms with Crippen LogP contribution in [0.15, 0.2) is 45.6 Å². The second kappa shape index (κ2) is 7.87. The van der Waals surface area contributed by atoms with Crippen LogP contribution < -0.4 is 20.5 Å². The van der Waals surface area contributed by atoms with Crippen LogP contribution in [-0.4, -0.2) is 37.8 Å². The van der Waals surface area contributed by atoms with Crippen LogP contribution in [0.1, 0.15) is 10.4 Å². The first-order valence-corrected chi connectivity index (χ1v) is 8.21. The molecule has 0 spiro atoms. The van der Waals surface area contributed by atoms with Gasteiger partial charge in [0, 0.05) is 12.1 Å². The van der Waals surface area contributed by atoms with Gasteiger partial charge in [0.15, 0.2) is 17.1 Å². The Hall–Kier alpha value is -3.75. The van der Waals surface area contributed by atoms with E-state index in [0.717, 1.165) is 0 Å². The number of esters is 1. The van der Waals surface area contributed by atoms with Gasteiger partial charge in [-0.25, -0.2) is 9.59 Å². The number of aromatic nitrogens is 1. The Kier molecular flexibility index (Phi) is 5.35.